The monoisotopic (exact) mass is 231 g/mol. The minimum atomic E-state index is 0.0534. The van der Waals surface area contributed by atoms with Crippen molar-refractivity contribution in [3.05, 3.63) is 29.8 Å². The van der Waals surface area contributed by atoms with E-state index < -0.39 is 0 Å². The van der Waals surface area contributed by atoms with E-state index in [4.69, 9.17) is 0 Å². The molecule has 3 nitrogen and oxygen atoms in total. The Bertz CT molecular complexity index is 453. The van der Waals surface area contributed by atoms with Gasteiger partial charge < -0.3 is 9.69 Å². The minimum absolute atomic E-state index is 0.0534. The van der Waals surface area contributed by atoms with Gasteiger partial charge in [0.15, 0.2) is 0 Å². The van der Waals surface area contributed by atoms with Gasteiger partial charge in [0.1, 0.15) is 5.78 Å². The van der Waals surface area contributed by atoms with E-state index in [0.717, 1.165) is 12.1 Å². The first-order chi connectivity index (χ1) is 8.09. The number of anilines is 1. The van der Waals surface area contributed by atoms with Crippen molar-refractivity contribution in [2.24, 2.45) is 0 Å². The Kier molecular flexibility index (Phi) is 3.27. The van der Waals surface area contributed by atoms with Gasteiger partial charge in [-0.25, -0.2) is 0 Å². The molecule has 0 spiro atoms. The molecule has 3 heteroatoms. The Morgan fingerprint density at radius 1 is 1.29 bits per heavy atom. The Morgan fingerprint density at radius 2 is 2.00 bits per heavy atom. The third-order valence-corrected chi connectivity index (χ3v) is 3.17. The number of hydrogen-bond donors (Lipinski definition) is 0. The molecule has 2 rings (SSSR count). The van der Waals surface area contributed by atoms with Crippen molar-refractivity contribution in [1.82, 2.24) is 0 Å². The van der Waals surface area contributed by atoms with E-state index in [9.17, 15) is 9.59 Å². The Labute approximate surface area is 101 Å². The second-order valence-electron chi connectivity index (χ2n) is 4.65. The van der Waals surface area contributed by atoms with Crippen molar-refractivity contribution in [2.75, 3.05) is 4.90 Å². The van der Waals surface area contributed by atoms with Crippen LogP contribution in [0.4, 0.5) is 5.69 Å². The SMILES string of the molecule is CC(=O)CCC(=O)N1c2ccccc2CC1C. The van der Waals surface area contributed by atoms with Crippen LogP contribution in [-0.4, -0.2) is 17.7 Å². The summed E-state index contributed by atoms with van der Waals surface area (Å²) in [6.07, 6.45) is 1.56. The molecule has 0 N–H and O–H groups in total. The predicted octanol–water partition coefficient (Wildman–Crippen LogP) is 2.33. The summed E-state index contributed by atoms with van der Waals surface area (Å²) >= 11 is 0. The van der Waals surface area contributed by atoms with Crippen molar-refractivity contribution in [3.8, 4) is 0 Å². The molecular weight excluding hydrogens is 214 g/mol. The van der Waals surface area contributed by atoms with E-state index in [0.29, 0.717) is 12.8 Å². The molecule has 90 valence electrons. The molecule has 0 bridgehead atoms. The van der Waals surface area contributed by atoms with Crippen molar-refractivity contribution in [2.45, 2.75) is 39.2 Å². The average Bonchev–Trinajstić information content (AvgIpc) is 2.61. The lowest BCUT2D eigenvalue weighted by Gasteiger charge is -2.22. The number of amides is 1. The number of rotatable bonds is 3. The first kappa shape index (κ1) is 11.8. The van der Waals surface area contributed by atoms with Crippen LogP contribution in [0.15, 0.2) is 24.3 Å². The summed E-state index contributed by atoms with van der Waals surface area (Å²) < 4.78 is 0. The number of carbonyl (C=O) groups excluding carboxylic acids is 2. The summed E-state index contributed by atoms with van der Waals surface area (Å²) in [5.41, 5.74) is 2.23. The van der Waals surface area contributed by atoms with Crippen LogP contribution in [0.25, 0.3) is 0 Å². The lowest BCUT2D eigenvalue weighted by molar-refractivity contribution is -0.123. The number of hydrogen-bond acceptors (Lipinski definition) is 2. The molecule has 0 aromatic heterocycles. The largest absolute Gasteiger partial charge is 0.309 e. The maximum atomic E-state index is 12.1. The number of nitrogens with zero attached hydrogens (tertiary/aromatic N) is 1. The molecule has 0 radical (unpaired) electrons. The van der Waals surface area contributed by atoms with Gasteiger partial charge >= 0.3 is 0 Å². The lowest BCUT2D eigenvalue weighted by Crippen LogP contribution is -2.35. The van der Waals surface area contributed by atoms with Crippen LogP contribution in [0.1, 0.15) is 32.3 Å². The van der Waals surface area contributed by atoms with Gasteiger partial charge in [-0.1, -0.05) is 18.2 Å². The highest BCUT2D eigenvalue weighted by atomic mass is 16.2. The molecule has 1 unspecified atom stereocenters. The summed E-state index contributed by atoms with van der Waals surface area (Å²) in [7, 11) is 0. The molecular formula is C14H17NO2. The minimum Gasteiger partial charge on any atom is -0.309 e. The molecule has 1 amide bonds. The van der Waals surface area contributed by atoms with E-state index >= 15 is 0 Å². The fourth-order valence-electron chi connectivity index (χ4n) is 2.35. The first-order valence-corrected chi connectivity index (χ1v) is 5.99. The van der Waals surface area contributed by atoms with Gasteiger partial charge in [-0.3, -0.25) is 4.79 Å². The molecule has 0 aliphatic carbocycles. The third-order valence-electron chi connectivity index (χ3n) is 3.17. The van der Waals surface area contributed by atoms with Crippen LogP contribution >= 0.6 is 0 Å². The van der Waals surface area contributed by atoms with Gasteiger partial charge in [-0.15, -0.1) is 0 Å². The maximum Gasteiger partial charge on any atom is 0.227 e. The first-order valence-electron chi connectivity index (χ1n) is 5.99. The highest BCUT2D eigenvalue weighted by Crippen LogP contribution is 2.32. The Hall–Kier alpha value is -1.64. The number of Topliss-reactive ketones (excluding diaryl/α,β-unsaturated/α-hetero) is 1. The second-order valence-corrected chi connectivity index (χ2v) is 4.65. The molecule has 0 fully saturated rings. The zero-order chi connectivity index (χ0) is 12.4. The molecule has 17 heavy (non-hydrogen) atoms. The Balaban J connectivity index is 2.16. The van der Waals surface area contributed by atoms with E-state index in [2.05, 4.69) is 6.07 Å². The molecule has 1 atom stereocenters. The average molecular weight is 231 g/mol. The standard InChI is InChI=1S/C14H17NO2/c1-10-9-12-5-3-4-6-13(12)15(10)14(17)8-7-11(2)16/h3-6,10H,7-9H2,1-2H3. The molecule has 0 saturated carbocycles. The molecule has 1 aromatic carbocycles. The molecule has 1 aliphatic heterocycles. The summed E-state index contributed by atoms with van der Waals surface area (Å²) in [5.74, 6) is 0.121. The molecule has 1 heterocycles. The molecule has 1 aliphatic rings. The number of ketones is 1. The number of carbonyl (C=O) groups is 2. The van der Waals surface area contributed by atoms with Crippen LogP contribution in [0, 0.1) is 0 Å². The van der Waals surface area contributed by atoms with Gasteiger partial charge in [0, 0.05) is 24.6 Å². The zero-order valence-corrected chi connectivity index (χ0v) is 10.3. The van der Waals surface area contributed by atoms with Crippen molar-refractivity contribution in [1.29, 1.82) is 0 Å². The fraction of sp³-hybridized carbons (Fsp3) is 0.429. The topological polar surface area (TPSA) is 37.4 Å². The van der Waals surface area contributed by atoms with Gasteiger partial charge in [0.2, 0.25) is 5.91 Å². The second kappa shape index (κ2) is 4.70. The normalized spacial score (nSPS) is 18.0. The highest BCUT2D eigenvalue weighted by Gasteiger charge is 2.29. The third kappa shape index (κ3) is 2.38. The maximum absolute atomic E-state index is 12.1. The van der Waals surface area contributed by atoms with Gasteiger partial charge in [-0.2, -0.15) is 0 Å². The van der Waals surface area contributed by atoms with Gasteiger partial charge in [0.25, 0.3) is 0 Å². The fourth-order valence-corrected chi connectivity index (χ4v) is 2.35. The van der Waals surface area contributed by atoms with Crippen LogP contribution in [0.5, 0.6) is 0 Å². The van der Waals surface area contributed by atoms with E-state index in [1.54, 1.807) is 0 Å². The predicted molar refractivity (Wildman–Crippen MR) is 67.0 cm³/mol. The quantitative estimate of drug-likeness (QED) is 0.800. The van der Waals surface area contributed by atoms with Crippen molar-refractivity contribution < 1.29 is 9.59 Å². The highest BCUT2D eigenvalue weighted by molar-refractivity contribution is 5.97. The van der Waals surface area contributed by atoms with E-state index in [1.165, 1.54) is 12.5 Å². The summed E-state index contributed by atoms with van der Waals surface area (Å²) in [5, 5.41) is 0. The Morgan fingerprint density at radius 3 is 2.71 bits per heavy atom. The lowest BCUT2D eigenvalue weighted by atomic mass is 10.1. The smallest absolute Gasteiger partial charge is 0.227 e. The van der Waals surface area contributed by atoms with Crippen molar-refractivity contribution >= 4 is 17.4 Å². The summed E-state index contributed by atoms with van der Waals surface area (Å²) in [4.78, 5) is 24.8. The van der Waals surface area contributed by atoms with E-state index in [1.807, 2.05) is 30.0 Å². The van der Waals surface area contributed by atoms with Crippen LogP contribution in [0.3, 0.4) is 0 Å². The van der Waals surface area contributed by atoms with Gasteiger partial charge in [0.05, 0.1) is 0 Å². The molecule has 1 aromatic rings. The summed E-state index contributed by atoms with van der Waals surface area (Å²) in [6, 6.07) is 8.18. The number of benzene rings is 1. The number of fused-ring (bicyclic) bond motifs is 1. The van der Waals surface area contributed by atoms with E-state index in [-0.39, 0.29) is 17.7 Å². The van der Waals surface area contributed by atoms with Crippen LogP contribution in [0.2, 0.25) is 0 Å². The number of para-hydroxylation sites is 1. The summed E-state index contributed by atoms with van der Waals surface area (Å²) in [6.45, 7) is 3.57. The van der Waals surface area contributed by atoms with Crippen LogP contribution < -0.4 is 4.90 Å². The zero-order valence-electron chi connectivity index (χ0n) is 10.3. The van der Waals surface area contributed by atoms with Crippen LogP contribution in [-0.2, 0) is 16.0 Å². The molecule has 0 saturated heterocycles. The van der Waals surface area contributed by atoms with Crippen molar-refractivity contribution in [3.63, 3.8) is 0 Å². The van der Waals surface area contributed by atoms with Gasteiger partial charge in [-0.05, 0) is 31.9 Å².